The van der Waals surface area contributed by atoms with Crippen LogP contribution in [0.2, 0.25) is 0 Å². The summed E-state index contributed by atoms with van der Waals surface area (Å²) in [5.74, 6) is -0.478. The Morgan fingerprint density at radius 3 is 2.73 bits per heavy atom. The zero-order valence-electron chi connectivity index (χ0n) is 15.1. The fourth-order valence-corrected chi connectivity index (χ4v) is 2.82. The number of carbonyl (C=O) groups excluding carboxylic acids is 2. The van der Waals surface area contributed by atoms with E-state index in [0.29, 0.717) is 19.4 Å². The zero-order chi connectivity index (χ0) is 18.8. The molecule has 0 radical (unpaired) electrons. The van der Waals surface area contributed by atoms with Crippen molar-refractivity contribution in [1.82, 2.24) is 10.8 Å². The predicted octanol–water partition coefficient (Wildman–Crippen LogP) is 2.83. The lowest BCUT2D eigenvalue weighted by molar-refractivity contribution is -0.129. The van der Waals surface area contributed by atoms with Gasteiger partial charge in [0.15, 0.2) is 0 Å². The summed E-state index contributed by atoms with van der Waals surface area (Å²) >= 11 is 0. The van der Waals surface area contributed by atoms with E-state index >= 15 is 0 Å². The molecule has 1 aliphatic rings. The highest BCUT2D eigenvalue weighted by Gasteiger charge is 2.18. The van der Waals surface area contributed by atoms with Crippen LogP contribution in [-0.4, -0.2) is 29.6 Å². The molecule has 6 heteroatoms. The van der Waals surface area contributed by atoms with E-state index in [9.17, 15) is 9.59 Å². The van der Waals surface area contributed by atoms with Gasteiger partial charge in [0, 0.05) is 30.9 Å². The lowest BCUT2D eigenvalue weighted by Crippen LogP contribution is -2.26. The van der Waals surface area contributed by atoms with E-state index in [1.807, 2.05) is 6.08 Å². The highest BCUT2D eigenvalue weighted by molar-refractivity contribution is 5.87. The van der Waals surface area contributed by atoms with Gasteiger partial charge in [-0.2, -0.15) is 0 Å². The first kappa shape index (κ1) is 19.7. The Hall–Kier alpha value is -2.60. The van der Waals surface area contributed by atoms with Crippen LogP contribution < -0.4 is 15.7 Å². The average Bonchev–Trinajstić information content (AvgIpc) is 3.11. The van der Waals surface area contributed by atoms with Crippen molar-refractivity contribution in [2.24, 2.45) is 0 Å². The van der Waals surface area contributed by atoms with Crippen molar-refractivity contribution in [3.8, 4) is 0 Å². The van der Waals surface area contributed by atoms with Crippen molar-refractivity contribution >= 4 is 17.5 Å². The van der Waals surface area contributed by atoms with E-state index in [4.69, 9.17) is 5.21 Å². The summed E-state index contributed by atoms with van der Waals surface area (Å²) in [6.07, 6.45) is 11.2. The third-order valence-electron chi connectivity index (χ3n) is 4.31. The Balaban J connectivity index is 1.70. The predicted molar refractivity (Wildman–Crippen MR) is 102 cm³/mol. The summed E-state index contributed by atoms with van der Waals surface area (Å²) < 4.78 is 0. The highest BCUT2D eigenvalue weighted by atomic mass is 16.5. The van der Waals surface area contributed by atoms with Gasteiger partial charge in [0.2, 0.25) is 11.8 Å². The van der Waals surface area contributed by atoms with Crippen LogP contribution in [0, 0.1) is 6.92 Å². The molecule has 1 aromatic rings. The number of anilines is 1. The first-order chi connectivity index (χ1) is 12.6. The fraction of sp³-hybridized carbons (Fsp3) is 0.400. The molecule has 1 atom stereocenters. The maximum atomic E-state index is 11.9. The van der Waals surface area contributed by atoms with Crippen LogP contribution in [0.25, 0.3) is 0 Å². The second-order valence-electron chi connectivity index (χ2n) is 6.43. The molecule has 6 nitrogen and oxygen atoms in total. The number of hydrogen-bond acceptors (Lipinski definition) is 4. The molecule has 3 N–H and O–H groups in total. The number of rotatable bonds is 9. The third kappa shape index (κ3) is 6.37. The van der Waals surface area contributed by atoms with Crippen molar-refractivity contribution in [3.63, 3.8) is 0 Å². The number of aryl methyl sites for hydroxylation is 1. The van der Waals surface area contributed by atoms with Gasteiger partial charge in [0.25, 0.3) is 0 Å². The van der Waals surface area contributed by atoms with Crippen molar-refractivity contribution in [2.45, 2.75) is 45.1 Å². The molecule has 0 fully saturated rings. The molecular formula is C20H27N3O3. The van der Waals surface area contributed by atoms with Crippen molar-refractivity contribution < 1.29 is 14.8 Å². The van der Waals surface area contributed by atoms with E-state index in [-0.39, 0.29) is 17.9 Å². The first-order valence-electron chi connectivity index (χ1n) is 9.01. The van der Waals surface area contributed by atoms with Gasteiger partial charge in [-0.15, -0.1) is 0 Å². The van der Waals surface area contributed by atoms with Crippen LogP contribution in [0.4, 0.5) is 5.69 Å². The largest absolute Gasteiger partial charge is 0.353 e. The molecule has 26 heavy (non-hydrogen) atoms. The summed E-state index contributed by atoms with van der Waals surface area (Å²) in [5.41, 5.74) is 3.95. The van der Waals surface area contributed by atoms with Gasteiger partial charge in [-0.25, -0.2) is 5.48 Å². The number of carbonyl (C=O) groups is 2. The quantitative estimate of drug-likeness (QED) is 0.275. The van der Waals surface area contributed by atoms with Gasteiger partial charge < -0.3 is 10.2 Å². The molecule has 0 aromatic heterocycles. The maximum absolute atomic E-state index is 11.9. The van der Waals surface area contributed by atoms with E-state index in [0.717, 1.165) is 24.9 Å². The minimum atomic E-state index is -0.375. The van der Waals surface area contributed by atoms with Gasteiger partial charge in [-0.1, -0.05) is 36.3 Å². The molecule has 1 aromatic carbocycles. The summed E-state index contributed by atoms with van der Waals surface area (Å²) in [4.78, 5) is 25.0. The average molecular weight is 357 g/mol. The van der Waals surface area contributed by atoms with Gasteiger partial charge in [-0.3, -0.25) is 14.8 Å². The summed E-state index contributed by atoms with van der Waals surface area (Å²) in [5, 5.41) is 11.2. The Bertz CT molecular complexity index is 653. The van der Waals surface area contributed by atoms with Crippen molar-refractivity contribution in [3.05, 3.63) is 54.3 Å². The molecule has 0 bridgehead atoms. The number of unbranched alkanes of at least 4 members (excludes halogenated alkanes) is 2. The van der Waals surface area contributed by atoms with Crippen LogP contribution in [0.5, 0.6) is 0 Å². The smallest absolute Gasteiger partial charge is 0.243 e. The van der Waals surface area contributed by atoms with Gasteiger partial charge in [-0.05, 0) is 38.3 Å². The van der Waals surface area contributed by atoms with Crippen molar-refractivity contribution in [2.75, 3.05) is 11.4 Å². The Kier molecular flexibility index (Phi) is 7.89. The first-order valence-corrected chi connectivity index (χ1v) is 9.01. The SMILES string of the molecule is Cc1ccc(N2C=CCC2/C=C/C(=O)NCCCCCC(=O)NO)cc1. The second kappa shape index (κ2) is 10.4. The van der Waals surface area contributed by atoms with E-state index in [1.54, 1.807) is 11.6 Å². The van der Waals surface area contributed by atoms with Crippen LogP contribution in [0.3, 0.4) is 0 Å². The molecule has 140 valence electrons. The van der Waals surface area contributed by atoms with Gasteiger partial charge >= 0.3 is 0 Å². The monoisotopic (exact) mass is 357 g/mol. The number of hydroxylamine groups is 1. The van der Waals surface area contributed by atoms with Crippen LogP contribution in [0.1, 0.15) is 37.7 Å². The molecule has 0 spiro atoms. The highest BCUT2D eigenvalue weighted by Crippen LogP contribution is 2.25. The van der Waals surface area contributed by atoms with E-state index in [1.165, 1.54) is 5.56 Å². The molecule has 1 heterocycles. The Morgan fingerprint density at radius 1 is 1.23 bits per heavy atom. The Labute approximate surface area is 154 Å². The summed E-state index contributed by atoms with van der Waals surface area (Å²) in [6.45, 7) is 2.64. The lowest BCUT2D eigenvalue weighted by atomic mass is 10.1. The standard InChI is InChI=1S/C20H27N3O3/c1-16-8-10-18(11-9-16)23-15-5-6-17(23)12-13-19(24)21-14-4-2-3-7-20(25)22-26/h5,8-13,15,17,26H,2-4,6-7,14H2,1H3,(H,21,24)(H,22,25)/b13-12+. The molecule has 1 unspecified atom stereocenters. The third-order valence-corrected chi connectivity index (χ3v) is 4.31. The number of hydrogen-bond donors (Lipinski definition) is 3. The molecule has 0 saturated carbocycles. The van der Waals surface area contributed by atoms with Crippen LogP contribution >= 0.6 is 0 Å². The van der Waals surface area contributed by atoms with Gasteiger partial charge in [0.05, 0.1) is 6.04 Å². The van der Waals surface area contributed by atoms with Crippen molar-refractivity contribution in [1.29, 1.82) is 0 Å². The van der Waals surface area contributed by atoms with Crippen LogP contribution in [-0.2, 0) is 9.59 Å². The molecular weight excluding hydrogens is 330 g/mol. The molecule has 0 saturated heterocycles. The maximum Gasteiger partial charge on any atom is 0.243 e. The summed E-state index contributed by atoms with van der Waals surface area (Å²) in [6, 6.07) is 8.49. The van der Waals surface area contributed by atoms with Crippen LogP contribution in [0.15, 0.2) is 48.7 Å². The number of amides is 2. The topological polar surface area (TPSA) is 81.7 Å². The molecule has 1 aliphatic heterocycles. The van der Waals surface area contributed by atoms with E-state index in [2.05, 4.69) is 53.7 Å². The molecule has 0 aliphatic carbocycles. The second-order valence-corrected chi connectivity index (χ2v) is 6.43. The minimum Gasteiger partial charge on any atom is -0.353 e. The Morgan fingerprint density at radius 2 is 2.00 bits per heavy atom. The normalized spacial score (nSPS) is 16.2. The number of nitrogens with one attached hydrogen (secondary N) is 2. The molecule has 2 rings (SSSR count). The molecule has 2 amide bonds. The number of nitrogens with zero attached hydrogens (tertiary/aromatic N) is 1. The van der Waals surface area contributed by atoms with Gasteiger partial charge in [0.1, 0.15) is 0 Å². The summed E-state index contributed by atoms with van der Waals surface area (Å²) in [7, 11) is 0. The zero-order valence-corrected chi connectivity index (χ0v) is 15.1. The fourth-order valence-electron chi connectivity index (χ4n) is 2.82. The van der Waals surface area contributed by atoms with E-state index < -0.39 is 0 Å². The number of benzene rings is 1. The minimum absolute atomic E-state index is 0.103. The lowest BCUT2D eigenvalue weighted by Gasteiger charge is -2.23.